The molecule has 9 nitrogen and oxygen atoms in total. The molecule has 0 bridgehead atoms. The molecule has 0 radical (unpaired) electrons. The fraction of sp³-hybridized carbons (Fsp3) is 0.550. The van der Waals surface area contributed by atoms with Gasteiger partial charge in [-0.2, -0.15) is 0 Å². The third kappa shape index (κ3) is 9.03. The van der Waals surface area contributed by atoms with Gasteiger partial charge in [-0.3, -0.25) is 14.4 Å². The molecule has 0 saturated carbocycles. The van der Waals surface area contributed by atoms with Gasteiger partial charge in [0.1, 0.15) is 12.1 Å². The van der Waals surface area contributed by atoms with Crippen LogP contribution >= 0.6 is 0 Å². The van der Waals surface area contributed by atoms with Crippen molar-refractivity contribution in [2.75, 3.05) is 25.1 Å². The minimum Gasteiger partial charge on any atom is -0.392 e. The molecule has 0 aliphatic carbocycles. The highest BCUT2D eigenvalue weighted by atomic mass is 16.5. The molecule has 0 heterocycles. The molecule has 0 aliphatic heterocycles. The zero-order valence-corrected chi connectivity index (χ0v) is 17.2. The Morgan fingerprint density at radius 3 is 2.24 bits per heavy atom. The van der Waals surface area contributed by atoms with E-state index < -0.39 is 18.0 Å². The number of nitrogens with two attached hydrogens (primary N) is 1. The van der Waals surface area contributed by atoms with Crippen LogP contribution in [0.2, 0.25) is 0 Å². The van der Waals surface area contributed by atoms with Gasteiger partial charge < -0.3 is 31.5 Å². The smallest absolute Gasteiger partial charge is 0.246 e. The molecule has 0 saturated heterocycles. The number of aliphatic hydroxyl groups excluding tert-OH is 1. The van der Waals surface area contributed by atoms with Crippen molar-refractivity contribution in [1.29, 1.82) is 0 Å². The maximum absolute atomic E-state index is 12.6. The van der Waals surface area contributed by atoms with Gasteiger partial charge in [-0.25, -0.2) is 0 Å². The molecule has 2 atom stereocenters. The molecule has 9 heteroatoms. The molecule has 6 N–H and O–H groups in total. The second-order valence-corrected chi connectivity index (χ2v) is 7.01. The summed E-state index contributed by atoms with van der Waals surface area (Å²) in [5.74, 6) is -1.30. The van der Waals surface area contributed by atoms with Gasteiger partial charge in [-0.1, -0.05) is 26.0 Å². The summed E-state index contributed by atoms with van der Waals surface area (Å²) in [7, 11) is 0. The summed E-state index contributed by atoms with van der Waals surface area (Å²) in [5.41, 5.74) is 6.60. The Bertz CT molecular complexity index is 663. The lowest BCUT2D eigenvalue weighted by Crippen LogP contribution is -2.53. The molecule has 1 aromatic rings. The molecular weight excluding hydrogens is 376 g/mol. The van der Waals surface area contributed by atoms with E-state index in [2.05, 4.69) is 16.0 Å². The van der Waals surface area contributed by atoms with Gasteiger partial charge >= 0.3 is 0 Å². The van der Waals surface area contributed by atoms with Crippen molar-refractivity contribution in [2.24, 2.45) is 11.7 Å². The molecule has 0 unspecified atom stereocenters. The van der Waals surface area contributed by atoms with E-state index in [9.17, 15) is 14.4 Å². The van der Waals surface area contributed by atoms with Crippen LogP contribution < -0.4 is 21.7 Å². The maximum atomic E-state index is 12.6. The summed E-state index contributed by atoms with van der Waals surface area (Å²) in [4.78, 5) is 36.9. The van der Waals surface area contributed by atoms with Gasteiger partial charge in [-0.05, 0) is 30.5 Å². The molecule has 1 aromatic carbocycles. The van der Waals surface area contributed by atoms with E-state index in [1.807, 2.05) is 13.8 Å². The van der Waals surface area contributed by atoms with Crippen LogP contribution in [-0.4, -0.2) is 54.7 Å². The summed E-state index contributed by atoms with van der Waals surface area (Å²) >= 11 is 0. The van der Waals surface area contributed by atoms with Crippen molar-refractivity contribution in [2.45, 2.75) is 45.9 Å². The lowest BCUT2D eigenvalue weighted by molar-refractivity contribution is -0.132. The van der Waals surface area contributed by atoms with Crippen molar-refractivity contribution >= 4 is 23.4 Å². The minimum atomic E-state index is -0.800. The lowest BCUT2D eigenvalue weighted by atomic mass is 10.0. The second-order valence-electron chi connectivity index (χ2n) is 7.01. The van der Waals surface area contributed by atoms with Crippen LogP contribution in [-0.2, 0) is 25.7 Å². The Morgan fingerprint density at radius 1 is 1.03 bits per heavy atom. The van der Waals surface area contributed by atoms with Gasteiger partial charge in [0.25, 0.3) is 0 Å². The summed E-state index contributed by atoms with van der Waals surface area (Å²) in [6, 6.07) is 5.16. The zero-order valence-electron chi connectivity index (χ0n) is 17.2. The molecule has 29 heavy (non-hydrogen) atoms. The van der Waals surface area contributed by atoms with Crippen LogP contribution in [0, 0.1) is 5.92 Å². The van der Waals surface area contributed by atoms with E-state index >= 15 is 0 Å². The van der Waals surface area contributed by atoms with E-state index in [4.69, 9.17) is 15.6 Å². The fourth-order valence-electron chi connectivity index (χ4n) is 2.44. The number of aliphatic hydroxyl groups is 1. The SMILES string of the molecule is CC(C)[C@H](NC(=O)CCOCCN)C(=O)N[C@@H](C)C(=O)Nc1ccc(CO)cc1. The highest BCUT2D eigenvalue weighted by Gasteiger charge is 2.26. The van der Waals surface area contributed by atoms with E-state index in [1.54, 1.807) is 31.2 Å². The van der Waals surface area contributed by atoms with Crippen LogP contribution in [0.3, 0.4) is 0 Å². The molecule has 162 valence electrons. The zero-order chi connectivity index (χ0) is 21.8. The maximum Gasteiger partial charge on any atom is 0.246 e. The fourth-order valence-corrected chi connectivity index (χ4v) is 2.44. The molecule has 0 aliphatic rings. The Hall–Kier alpha value is -2.49. The van der Waals surface area contributed by atoms with Crippen LogP contribution in [0.15, 0.2) is 24.3 Å². The molecule has 0 spiro atoms. The summed E-state index contributed by atoms with van der Waals surface area (Å²) in [6.45, 7) is 6.08. The number of carbonyl (C=O) groups is 3. The predicted molar refractivity (Wildman–Crippen MR) is 110 cm³/mol. The van der Waals surface area contributed by atoms with Crippen molar-refractivity contribution < 1.29 is 24.2 Å². The van der Waals surface area contributed by atoms with Gasteiger partial charge in [0, 0.05) is 18.7 Å². The van der Waals surface area contributed by atoms with Crippen LogP contribution in [0.25, 0.3) is 0 Å². The van der Waals surface area contributed by atoms with Gasteiger partial charge in [-0.15, -0.1) is 0 Å². The van der Waals surface area contributed by atoms with Crippen molar-refractivity contribution in [3.8, 4) is 0 Å². The second kappa shape index (κ2) is 12.9. The quantitative estimate of drug-likeness (QED) is 0.311. The molecule has 0 fully saturated rings. The third-order valence-corrected chi connectivity index (χ3v) is 4.16. The van der Waals surface area contributed by atoms with E-state index in [1.165, 1.54) is 0 Å². The standard InChI is InChI=1S/C20H32N4O5/c1-13(2)18(24-17(26)8-10-29-11-9-21)20(28)22-14(3)19(27)23-16-6-4-15(12-25)5-7-16/h4-7,13-14,18,25H,8-12,21H2,1-3H3,(H,22,28)(H,23,27)(H,24,26)/t14-,18-/m0/s1. The monoisotopic (exact) mass is 408 g/mol. The van der Waals surface area contributed by atoms with Crippen LogP contribution in [0.5, 0.6) is 0 Å². The number of hydrogen-bond acceptors (Lipinski definition) is 6. The first-order valence-corrected chi connectivity index (χ1v) is 9.66. The average Bonchev–Trinajstić information content (AvgIpc) is 2.69. The predicted octanol–water partition coefficient (Wildman–Crippen LogP) is 0.128. The molecule has 1 rings (SSSR count). The Morgan fingerprint density at radius 2 is 1.69 bits per heavy atom. The number of benzene rings is 1. The lowest BCUT2D eigenvalue weighted by Gasteiger charge is -2.24. The Balaban J connectivity index is 2.56. The van der Waals surface area contributed by atoms with Gasteiger partial charge in [0.05, 0.1) is 19.8 Å². The van der Waals surface area contributed by atoms with E-state index in [0.29, 0.717) is 18.8 Å². The Labute approximate surface area is 171 Å². The highest BCUT2D eigenvalue weighted by Crippen LogP contribution is 2.10. The minimum absolute atomic E-state index is 0.0812. The normalized spacial score (nSPS) is 12.9. The number of amides is 3. The van der Waals surface area contributed by atoms with Crippen LogP contribution in [0.1, 0.15) is 32.8 Å². The van der Waals surface area contributed by atoms with Crippen molar-refractivity contribution in [3.63, 3.8) is 0 Å². The number of nitrogens with one attached hydrogen (secondary N) is 3. The average molecular weight is 408 g/mol. The molecular formula is C20H32N4O5. The summed E-state index contributed by atoms with van der Waals surface area (Å²) in [5, 5.41) is 17.1. The Kier molecular flexibility index (Phi) is 10.9. The van der Waals surface area contributed by atoms with Gasteiger partial charge in [0.2, 0.25) is 17.7 Å². The number of anilines is 1. The highest BCUT2D eigenvalue weighted by molar-refractivity contribution is 5.98. The first-order valence-electron chi connectivity index (χ1n) is 9.66. The topological polar surface area (TPSA) is 143 Å². The van der Waals surface area contributed by atoms with E-state index in [0.717, 1.165) is 5.56 Å². The van der Waals surface area contributed by atoms with Crippen LogP contribution in [0.4, 0.5) is 5.69 Å². The number of rotatable bonds is 12. The third-order valence-electron chi connectivity index (χ3n) is 4.16. The number of carbonyl (C=O) groups excluding carboxylic acids is 3. The summed E-state index contributed by atoms with van der Waals surface area (Å²) < 4.78 is 5.17. The summed E-state index contributed by atoms with van der Waals surface area (Å²) in [6.07, 6.45) is 0.121. The molecule has 0 aromatic heterocycles. The largest absolute Gasteiger partial charge is 0.392 e. The number of ether oxygens (including phenoxy) is 1. The van der Waals surface area contributed by atoms with E-state index in [-0.39, 0.29) is 37.4 Å². The first kappa shape index (κ1) is 24.5. The van der Waals surface area contributed by atoms with Crippen molar-refractivity contribution in [1.82, 2.24) is 10.6 Å². The molecule has 3 amide bonds. The van der Waals surface area contributed by atoms with Crippen molar-refractivity contribution in [3.05, 3.63) is 29.8 Å². The number of hydrogen-bond donors (Lipinski definition) is 5. The first-order chi connectivity index (χ1) is 13.8. The van der Waals surface area contributed by atoms with Gasteiger partial charge in [0.15, 0.2) is 0 Å².